The second-order valence-electron chi connectivity index (χ2n) is 6.36. The molecule has 1 aliphatic rings. The van der Waals surface area contributed by atoms with Crippen molar-refractivity contribution in [2.24, 2.45) is 0 Å². The van der Waals surface area contributed by atoms with Gasteiger partial charge in [0.1, 0.15) is 5.60 Å². The summed E-state index contributed by atoms with van der Waals surface area (Å²) < 4.78 is 5.34. The zero-order valence-corrected chi connectivity index (χ0v) is 13.2. The molecule has 0 aliphatic carbocycles. The van der Waals surface area contributed by atoms with E-state index in [-0.39, 0.29) is 12.1 Å². The number of rotatable bonds is 1. The van der Waals surface area contributed by atoms with E-state index in [4.69, 9.17) is 4.74 Å². The maximum absolute atomic E-state index is 12.1. The van der Waals surface area contributed by atoms with Gasteiger partial charge in [-0.3, -0.25) is 9.78 Å². The smallest absolute Gasteiger partial charge is 0.410 e. The maximum atomic E-state index is 12.1. The third-order valence-corrected chi connectivity index (χ3v) is 3.13. The number of hydrogen-bond acceptors (Lipinski definition) is 5. The summed E-state index contributed by atoms with van der Waals surface area (Å²) in [7, 11) is 3.64. The van der Waals surface area contributed by atoms with Gasteiger partial charge in [0, 0.05) is 27.1 Å². The van der Waals surface area contributed by atoms with Crippen LogP contribution in [0.15, 0.2) is 4.79 Å². The molecule has 0 saturated heterocycles. The van der Waals surface area contributed by atoms with Gasteiger partial charge >= 0.3 is 6.09 Å². The van der Waals surface area contributed by atoms with Crippen LogP contribution >= 0.6 is 0 Å². The Morgan fingerprint density at radius 1 is 1.38 bits per heavy atom. The molecule has 2 rings (SSSR count). The lowest BCUT2D eigenvalue weighted by atomic mass is 10.1. The third kappa shape index (κ3) is 3.53. The lowest BCUT2D eigenvalue weighted by molar-refractivity contribution is 0.0222. The Morgan fingerprint density at radius 3 is 2.62 bits per heavy atom. The number of nitrogens with one attached hydrogen (secondary N) is 1. The van der Waals surface area contributed by atoms with Gasteiger partial charge in [0.05, 0.1) is 17.8 Å². The SMILES string of the molecule is CN(C)c1nc2c(c(=O)[nH]1)CN(C(=O)OC(C)(C)C)CC2. The van der Waals surface area contributed by atoms with Gasteiger partial charge in [0.2, 0.25) is 5.95 Å². The Hall–Kier alpha value is -2.05. The average molecular weight is 294 g/mol. The number of carbonyl (C=O) groups is 1. The van der Waals surface area contributed by atoms with Gasteiger partial charge in [-0.05, 0) is 20.8 Å². The van der Waals surface area contributed by atoms with E-state index in [0.717, 1.165) is 5.69 Å². The fourth-order valence-electron chi connectivity index (χ4n) is 2.11. The Bertz CT molecular complexity index is 601. The first kappa shape index (κ1) is 15.3. The fraction of sp³-hybridized carbons (Fsp3) is 0.643. The fourth-order valence-corrected chi connectivity index (χ4v) is 2.11. The molecule has 0 unspecified atom stereocenters. The Labute approximate surface area is 123 Å². The highest BCUT2D eigenvalue weighted by Gasteiger charge is 2.28. The van der Waals surface area contributed by atoms with Crippen LogP contribution in [0.1, 0.15) is 32.0 Å². The van der Waals surface area contributed by atoms with Crippen LogP contribution < -0.4 is 10.5 Å². The van der Waals surface area contributed by atoms with E-state index >= 15 is 0 Å². The molecule has 0 spiro atoms. The number of hydrogen-bond donors (Lipinski definition) is 1. The summed E-state index contributed by atoms with van der Waals surface area (Å²) in [4.78, 5) is 34.7. The van der Waals surface area contributed by atoms with Gasteiger partial charge in [-0.15, -0.1) is 0 Å². The molecule has 7 heteroatoms. The van der Waals surface area contributed by atoms with Crippen molar-refractivity contribution in [2.75, 3.05) is 25.5 Å². The summed E-state index contributed by atoms with van der Waals surface area (Å²) in [6.45, 7) is 6.20. The van der Waals surface area contributed by atoms with Gasteiger partial charge in [-0.25, -0.2) is 9.78 Å². The van der Waals surface area contributed by atoms with E-state index in [9.17, 15) is 9.59 Å². The quantitative estimate of drug-likeness (QED) is 0.840. The van der Waals surface area contributed by atoms with E-state index in [1.54, 1.807) is 9.80 Å². The first-order valence-electron chi connectivity index (χ1n) is 6.94. The number of aromatic nitrogens is 2. The zero-order chi connectivity index (χ0) is 15.8. The van der Waals surface area contributed by atoms with E-state index in [1.807, 2.05) is 34.9 Å². The van der Waals surface area contributed by atoms with E-state index in [1.165, 1.54) is 0 Å². The minimum atomic E-state index is -0.545. The lowest BCUT2D eigenvalue weighted by Crippen LogP contribution is -2.42. The number of aromatic amines is 1. The van der Waals surface area contributed by atoms with Crippen LogP contribution in [0.25, 0.3) is 0 Å². The number of ether oxygens (including phenoxy) is 1. The molecular weight excluding hydrogens is 272 g/mol. The first-order chi connectivity index (χ1) is 9.67. The molecule has 1 aromatic rings. The van der Waals surface area contributed by atoms with Crippen molar-refractivity contribution < 1.29 is 9.53 Å². The predicted octanol–water partition coefficient (Wildman–Crippen LogP) is 1.13. The van der Waals surface area contributed by atoms with Crippen LogP contribution in [-0.2, 0) is 17.7 Å². The average Bonchev–Trinajstić information content (AvgIpc) is 2.36. The van der Waals surface area contributed by atoms with Crippen molar-refractivity contribution in [3.05, 3.63) is 21.6 Å². The van der Waals surface area contributed by atoms with Gasteiger partial charge < -0.3 is 14.5 Å². The van der Waals surface area contributed by atoms with Gasteiger partial charge in [-0.2, -0.15) is 0 Å². The predicted molar refractivity (Wildman–Crippen MR) is 79.5 cm³/mol. The molecule has 0 atom stereocenters. The number of anilines is 1. The van der Waals surface area contributed by atoms with Crippen molar-refractivity contribution in [3.8, 4) is 0 Å². The largest absolute Gasteiger partial charge is 0.444 e. The molecular formula is C14H22N4O3. The molecule has 0 aromatic carbocycles. The van der Waals surface area contributed by atoms with E-state index < -0.39 is 11.7 Å². The topological polar surface area (TPSA) is 78.5 Å². The Kier molecular flexibility index (Phi) is 3.93. The molecule has 1 amide bonds. The van der Waals surface area contributed by atoms with Crippen LogP contribution in [0.5, 0.6) is 0 Å². The van der Waals surface area contributed by atoms with Crippen LogP contribution in [0, 0.1) is 0 Å². The molecule has 7 nitrogen and oxygen atoms in total. The van der Waals surface area contributed by atoms with Gasteiger partial charge in [0.15, 0.2) is 0 Å². The third-order valence-electron chi connectivity index (χ3n) is 3.13. The summed E-state index contributed by atoms with van der Waals surface area (Å²) in [6, 6.07) is 0. The number of carbonyl (C=O) groups excluding carboxylic acids is 1. The summed E-state index contributed by atoms with van der Waals surface area (Å²) >= 11 is 0. The van der Waals surface area contributed by atoms with Crippen molar-refractivity contribution in [3.63, 3.8) is 0 Å². The second-order valence-corrected chi connectivity index (χ2v) is 6.36. The minimum absolute atomic E-state index is 0.197. The molecule has 0 radical (unpaired) electrons. The van der Waals surface area contributed by atoms with E-state index in [0.29, 0.717) is 24.5 Å². The van der Waals surface area contributed by atoms with Crippen LogP contribution in [0.2, 0.25) is 0 Å². The van der Waals surface area contributed by atoms with Crippen LogP contribution in [-0.4, -0.2) is 47.2 Å². The van der Waals surface area contributed by atoms with Gasteiger partial charge in [-0.1, -0.05) is 0 Å². The Balaban J connectivity index is 2.21. The molecule has 21 heavy (non-hydrogen) atoms. The van der Waals surface area contributed by atoms with Gasteiger partial charge in [0.25, 0.3) is 5.56 Å². The Morgan fingerprint density at radius 2 is 2.05 bits per heavy atom. The molecule has 1 aliphatic heterocycles. The molecule has 2 heterocycles. The van der Waals surface area contributed by atoms with Crippen molar-refractivity contribution in [2.45, 2.75) is 39.3 Å². The summed E-state index contributed by atoms with van der Waals surface area (Å²) in [5.74, 6) is 0.532. The van der Waals surface area contributed by atoms with Crippen molar-refractivity contribution in [1.29, 1.82) is 0 Å². The summed E-state index contributed by atoms with van der Waals surface area (Å²) in [5, 5.41) is 0. The van der Waals surface area contributed by atoms with Crippen molar-refractivity contribution in [1.82, 2.24) is 14.9 Å². The maximum Gasteiger partial charge on any atom is 0.410 e. The normalized spacial score (nSPS) is 14.6. The number of H-pyrrole nitrogens is 1. The number of nitrogens with zero attached hydrogens (tertiary/aromatic N) is 3. The minimum Gasteiger partial charge on any atom is -0.444 e. The number of fused-ring (bicyclic) bond motifs is 1. The van der Waals surface area contributed by atoms with E-state index in [2.05, 4.69) is 9.97 Å². The molecule has 0 bridgehead atoms. The summed E-state index contributed by atoms with van der Waals surface area (Å²) in [6.07, 6.45) is 0.156. The highest BCUT2D eigenvalue weighted by molar-refractivity contribution is 5.68. The molecule has 0 fully saturated rings. The highest BCUT2D eigenvalue weighted by Crippen LogP contribution is 2.18. The monoisotopic (exact) mass is 294 g/mol. The lowest BCUT2D eigenvalue weighted by Gasteiger charge is -2.30. The molecule has 1 aromatic heterocycles. The van der Waals surface area contributed by atoms with Crippen molar-refractivity contribution >= 4 is 12.0 Å². The van der Waals surface area contributed by atoms with Crippen LogP contribution in [0.4, 0.5) is 10.7 Å². The number of amides is 1. The molecule has 0 saturated carbocycles. The molecule has 1 N–H and O–H groups in total. The first-order valence-corrected chi connectivity index (χ1v) is 6.94. The summed E-state index contributed by atoms with van der Waals surface area (Å²) in [5.41, 5.74) is 0.550. The zero-order valence-electron chi connectivity index (χ0n) is 13.2. The second kappa shape index (κ2) is 5.38. The molecule has 116 valence electrons. The van der Waals surface area contributed by atoms with Crippen LogP contribution in [0.3, 0.4) is 0 Å². The standard InChI is InChI=1S/C14H22N4O3/c1-14(2,3)21-13(20)18-7-6-10-9(8-18)11(19)16-12(15-10)17(4)5/h6-8H2,1-5H3,(H,15,16,19). The highest BCUT2D eigenvalue weighted by atomic mass is 16.6.